The summed E-state index contributed by atoms with van der Waals surface area (Å²) < 4.78 is 5.41. The van der Waals surface area contributed by atoms with E-state index in [4.69, 9.17) is 4.74 Å². The average molecular weight is 336 g/mol. The summed E-state index contributed by atoms with van der Waals surface area (Å²) in [5, 5.41) is 0. The maximum Gasteiger partial charge on any atom is 0.148 e. The van der Waals surface area contributed by atoms with E-state index in [9.17, 15) is 9.59 Å². The highest BCUT2D eigenvalue weighted by Gasteiger charge is 2.39. The Kier molecular flexibility index (Phi) is 4.76. The van der Waals surface area contributed by atoms with E-state index in [2.05, 4.69) is 12.1 Å². The highest BCUT2D eigenvalue weighted by Crippen LogP contribution is 2.40. The summed E-state index contributed by atoms with van der Waals surface area (Å²) >= 11 is 0. The van der Waals surface area contributed by atoms with Crippen molar-refractivity contribution in [2.75, 3.05) is 7.11 Å². The Hall–Kier alpha value is -2.42. The highest BCUT2D eigenvalue weighted by atomic mass is 16.5. The molecular formula is C22H24O3. The van der Waals surface area contributed by atoms with Crippen LogP contribution in [0.25, 0.3) is 0 Å². The zero-order chi connectivity index (χ0) is 18.1. The van der Waals surface area contributed by atoms with Gasteiger partial charge in [0.2, 0.25) is 0 Å². The molecule has 1 fully saturated rings. The van der Waals surface area contributed by atoms with Crippen LogP contribution in [0.2, 0.25) is 0 Å². The van der Waals surface area contributed by atoms with Crippen molar-refractivity contribution in [3.8, 4) is 5.75 Å². The maximum atomic E-state index is 12.9. The molecule has 0 amide bonds. The lowest BCUT2D eigenvalue weighted by Gasteiger charge is -2.29. The quantitative estimate of drug-likeness (QED) is 0.779. The van der Waals surface area contributed by atoms with Crippen LogP contribution in [0.3, 0.4) is 0 Å². The number of hydrogen-bond acceptors (Lipinski definition) is 3. The number of para-hydroxylation sites is 1. The van der Waals surface area contributed by atoms with E-state index in [0.717, 1.165) is 33.6 Å². The van der Waals surface area contributed by atoms with Crippen LogP contribution >= 0.6 is 0 Å². The summed E-state index contributed by atoms with van der Waals surface area (Å²) in [7, 11) is 1.62. The third-order valence-electron chi connectivity index (χ3n) is 5.14. The van der Waals surface area contributed by atoms with Gasteiger partial charge in [0, 0.05) is 18.8 Å². The van der Waals surface area contributed by atoms with Gasteiger partial charge in [0.1, 0.15) is 23.2 Å². The molecule has 25 heavy (non-hydrogen) atoms. The number of carbonyl (C=O) groups is 2. The number of benzene rings is 2. The largest absolute Gasteiger partial charge is 0.496 e. The first-order valence-electron chi connectivity index (χ1n) is 8.68. The van der Waals surface area contributed by atoms with Crippen LogP contribution in [0.1, 0.15) is 52.5 Å². The summed E-state index contributed by atoms with van der Waals surface area (Å²) in [5.74, 6) is 0.0590. The Balaban J connectivity index is 1.94. The zero-order valence-electron chi connectivity index (χ0n) is 15.3. The second-order valence-corrected chi connectivity index (χ2v) is 7.03. The molecule has 0 heterocycles. The molecule has 3 nitrogen and oxygen atoms in total. The van der Waals surface area contributed by atoms with Crippen LogP contribution in [-0.2, 0) is 9.59 Å². The van der Waals surface area contributed by atoms with Gasteiger partial charge in [0.05, 0.1) is 7.11 Å². The monoisotopic (exact) mass is 336 g/mol. The Morgan fingerprint density at radius 1 is 0.920 bits per heavy atom. The predicted octanol–water partition coefficient (Wildman–Crippen LogP) is 4.42. The number of ether oxygens (including phenoxy) is 1. The molecule has 0 saturated heterocycles. The Labute approximate surface area is 149 Å². The summed E-state index contributed by atoms with van der Waals surface area (Å²) in [6.45, 7) is 6.01. The Morgan fingerprint density at radius 2 is 1.48 bits per heavy atom. The normalized spacial score (nSPS) is 20.6. The molecule has 0 aromatic heterocycles. The molecule has 0 atom stereocenters. The van der Waals surface area contributed by atoms with Crippen LogP contribution in [0.15, 0.2) is 36.4 Å². The lowest BCUT2D eigenvalue weighted by molar-refractivity contribution is -0.132. The van der Waals surface area contributed by atoms with Gasteiger partial charge in [-0.25, -0.2) is 0 Å². The molecule has 0 unspecified atom stereocenters. The van der Waals surface area contributed by atoms with Crippen LogP contribution < -0.4 is 4.74 Å². The van der Waals surface area contributed by atoms with Crippen molar-refractivity contribution in [1.82, 2.24) is 0 Å². The lowest BCUT2D eigenvalue weighted by Crippen LogP contribution is -2.32. The SMILES string of the molecule is COc1ccccc1C1CC(=O)C(c2c(C)cc(C)cc2C)C(=O)C1. The van der Waals surface area contributed by atoms with Crippen molar-refractivity contribution in [2.45, 2.75) is 45.4 Å². The average Bonchev–Trinajstić information content (AvgIpc) is 2.56. The van der Waals surface area contributed by atoms with E-state index < -0.39 is 5.92 Å². The first kappa shape index (κ1) is 17.4. The lowest BCUT2D eigenvalue weighted by atomic mass is 9.72. The number of hydrogen-bond donors (Lipinski definition) is 0. The zero-order valence-corrected chi connectivity index (χ0v) is 15.3. The number of Topliss-reactive ketones (excluding diaryl/α,β-unsaturated/α-hetero) is 2. The Bertz CT molecular complexity index is 794. The van der Waals surface area contributed by atoms with Crippen LogP contribution in [0, 0.1) is 20.8 Å². The fraction of sp³-hybridized carbons (Fsp3) is 0.364. The number of methoxy groups -OCH3 is 1. The van der Waals surface area contributed by atoms with Crippen molar-refractivity contribution in [3.05, 3.63) is 64.2 Å². The fourth-order valence-corrected chi connectivity index (χ4v) is 4.17. The second-order valence-electron chi connectivity index (χ2n) is 7.03. The summed E-state index contributed by atoms with van der Waals surface area (Å²) in [5.41, 5.74) is 5.06. The minimum atomic E-state index is -0.619. The molecule has 1 saturated carbocycles. The minimum Gasteiger partial charge on any atom is -0.496 e. The minimum absolute atomic E-state index is 0.0159. The predicted molar refractivity (Wildman–Crippen MR) is 98.4 cm³/mol. The first-order valence-corrected chi connectivity index (χ1v) is 8.68. The molecule has 130 valence electrons. The first-order chi connectivity index (χ1) is 11.9. The van der Waals surface area contributed by atoms with Crippen LogP contribution in [-0.4, -0.2) is 18.7 Å². The third kappa shape index (κ3) is 3.23. The van der Waals surface area contributed by atoms with Crippen LogP contribution in [0.4, 0.5) is 0 Å². The molecule has 0 N–H and O–H groups in total. The number of rotatable bonds is 3. The van der Waals surface area contributed by atoms with E-state index in [-0.39, 0.29) is 17.5 Å². The molecule has 0 spiro atoms. The Morgan fingerprint density at radius 3 is 2.04 bits per heavy atom. The van der Waals surface area contributed by atoms with Gasteiger partial charge in [0.15, 0.2) is 0 Å². The second kappa shape index (κ2) is 6.83. The standard InChI is InChI=1S/C22H24O3/c1-13-9-14(2)21(15(3)10-13)22-18(23)11-16(12-19(22)24)17-7-5-6-8-20(17)25-4/h5-10,16,22H,11-12H2,1-4H3. The molecule has 1 aliphatic carbocycles. The van der Waals surface area contributed by atoms with Gasteiger partial charge in [-0.3, -0.25) is 9.59 Å². The van der Waals surface area contributed by atoms with E-state index in [1.165, 1.54) is 0 Å². The smallest absolute Gasteiger partial charge is 0.148 e. The molecule has 2 aromatic carbocycles. The fourth-order valence-electron chi connectivity index (χ4n) is 4.17. The molecule has 0 radical (unpaired) electrons. The van der Waals surface area contributed by atoms with Gasteiger partial charge in [-0.05, 0) is 49.1 Å². The molecule has 0 bridgehead atoms. The number of carbonyl (C=O) groups excluding carboxylic acids is 2. The van der Waals surface area contributed by atoms with Crippen molar-refractivity contribution < 1.29 is 14.3 Å². The highest BCUT2D eigenvalue weighted by molar-refractivity contribution is 6.10. The molecule has 3 heteroatoms. The van der Waals surface area contributed by atoms with Gasteiger partial charge in [0.25, 0.3) is 0 Å². The van der Waals surface area contributed by atoms with Crippen molar-refractivity contribution >= 4 is 11.6 Å². The van der Waals surface area contributed by atoms with E-state index in [0.29, 0.717) is 12.8 Å². The van der Waals surface area contributed by atoms with Crippen molar-refractivity contribution in [2.24, 2.45) is 0 Å². The number of aryl methyl sites for hydroxylation is 3. The summed E-state index contributed by atoms with van der Waals surface area (Å²) in [4.78, 5) is 25.8. The van der Waals surface area contributed by atoms with E-state index in [1.807, 2.05) is 45.0 Å². The molecule has 1 aliphatic rings. The van der Waals surface area contributed by atoms with Crippen molar-refractivity contribution in [1.29, 1.82) is 0 Å². The number of ketones is 2. The summed E-state index contributed by atoms with van der Waals surface area (Å²) in [6.07, 6.45) is 0.757. The van der Waals surface area contributed by atoms with Gasteiger partial charge in [-0.2, -0.15) is 0 Å². The van der Waals surface area contributed by atoms with Crippen molar-refractivity contribution in [3.63, 3.8) is 0 Å². The van der Waals surface area contributed by atoms with E-state index in [1.54, 1.807) is 7.11 Å². The van der Waals surface area contributed by atoms with E-state index >= 15 is 0 Å². The van der Waals surface area contributed by atoms with Gasteiger partial charge in [-0.15, -0.1) is 0 Å². The topological polar surface area (TPSA) is 43.4 Å². The molecular weight excluding hydrogens is 312 g/mol. The summed E-state index contributed by atoms with van der Waals surface area (Å²) in [6, 6.07) is 11.8. The van der Waals surface area contributed by atoms with Gasteiger partial charge in [-0.1, -0.05) is 35.9 Å². The third-order valence-corrected chi connectivity index (χ3v) is 5.14. The van der Waals surface area contributed by atoms with Gasteiger partial charge >= 0.3 is 0 Å². The van der Waals surface area contributed by atoms with Crippen LogP contribution in [0.5, 0.6) is 5.75 Å². The molecule has 0 aliphatic heterocycles. The van der Waals surface area contributed by atoms with Gasteiger partial charge < -0.3 is 4.74 Å². The maximum absolute atomic E-state index is 12.9. The molecule has 2 aromatic rings. The molecule has 3 rings (SSSR count).